The standard InChI is InChI=1S/C19H16N2OS2/c22-16(12-24-19-20-10-11-23-19)17-14-8-4-5-9-15(14)21-18(17)13-6-2-1-3-7-13/h1-9,21H,10-12H2. The Morgan fingerprint density at radius 3 is 2.71 bits per heavy atom. The first-order chi connectivity index (χ1) is 11.8. The van der Waals surface area contributed by atoms with Crippen molar-refractivity contribution in [3.63, 3.8) is 0 Å². The van der Waals surface area contributed by atoms with E-state index in [0.29, 0.717) is 5.75 Å². The number of aliphatic imine (C=N–C) groups is 1. The first-order valence-corrected chi connectivity index (χ1v) is 9.79. The van der Waals surface area contributed by atoms with E-state index in [9.17, 15) is 4.79 Å². The third-order valence-corrected chi connectivity index (χ3v) is 6.18. The molecule has 0 saturated heterocycles. The van der Waals surface area contributed by atoms with Gasteiger partial charge in [-0.05, 0) is 11.6 Å². The molecule has 1 aromatic heterocycles. The SMILES string of the molecule is O=C(CSC1=NCCS1)c1c(-c2ccccc2)[nH]c2ccccc12. The van der Waals surface area contributed by atoms with E-state index in [0.717, 1.165) is 44.4 Å². The molecule has 0 atom stereocenters. The van der Waals surface area contributed by atoms with E-state index in [1.54, 1.807) is 23.5 Å². The van der Waals surface area contributed by atoms with Crippen molar-refractivity contribution < 1.29 is 4.79 Å². The Balaban J connectivity index is 1.73. The highest BCUT2D eigenvalue weighted by Crippen LogP contribution is 2.32. The van der Waals surface area contributed by atoms with Gasteiger partial charge in [0.25, 0.3) is 0 Å². The number of nitrogens with zero attached hydrogens (tertiary/aromatic N) is 1. The molecule has 3 aromatic rings. The number of ketones is 1. The van der Waals surface area contributed by atoms with Crippen molar-refractivity contribution >= 4 is 44.6 Å². The van der Waals surface area contributed by atoms with Gasteiger partial charge < -0.3 is 4.98 Å². The number of carbonyl (C=O) groups is 1. The second kappa shape index (κ2) is 6.87. The highest BCUT2D eigenvalue weighted by atomic mass is 32.2. The number of carbonyl (C=O) groups excluding carboxylic acids is 1. The summed E-state index contributed by atoms with van der Waals surface area (Å²) in [6, 6.07) is 18.0. The molecule has 0 unspecified atom stereocenters. The predicted octanol–water partition coefficient (Wildman–Crippen LogP) is 4.85. The zero-order chi connectivity index (χ0) is 16.4. The molecule has 2 heterocycles. The summed E-state index contributed by atoms with van der Waals surface area (Å²) in [5.41, 5.74) is 3.73. The Morgan fingerprint density at radius 1 is 1.12 bits per heavy atom. The molecular formula is C19H16N2OS2. The summed E-state index contributed by atoms with van der Waals surface area (Å²) in [7, 11) is 0. The van der Waals surface area contributed by atoms with Crippen molar-refractivity contribution in [1.82, 2.24) is 4.98 Å². The van der Waals surface area contributed by atoms with Crippen molar-refractivity contribution in [1.29, 1.82) is 0 Å². The fraction of sp³-hybridized carbons (Fsp3) is 0.158. The Morgan fingerprint density at radius 2 is 1.92 bits per heavy atom. The molecule has 0 aliphatic carbocycles. The lowest BCUT2D eigenvalue weighted by Gasteiger charge is -2.05. The number of fused-ring (bicyclic) bond motifs is 1. The van der Waals surface area contributed by atoms with Crippen LogP contribution >= 0.6 is 23.5 Å². The molecule has 0 saturated carbocycles. The van der Waals surface area contributed by atoms with E-state index in [2.05, 4.69) is 9.98 Å². The van der Waals surface area contributed by atoms with Gasteiger partial charge >= 0.3 is 0 Å². The zero-order valence-corrected chi connectivity index (χ0v) is 14.6. The van der Waals surface area contributed by atoms with E-state index in [1.165, 1.54) is 0 Å². The molecule has 0 bridgehead atoms. The predicted molar refractivity (Wildman–Crippen MR) is 105 cm³/mol. The zero-order valence-electron chi connectivity index (χ0n) is 13.0. The summed E-state index contributed by atoms with van der Waals surface area (Å²) in [5, 5.41) is 0.989. The van der Waals surface area contributed by atoms with Gasteiger partial charge in [-0.2, -0.15) is 0 Å². The number of aromatic amines is 1. The van der Waals surface area contributed by atoms with Crippen LogP contribution in [0.1, 0.15) is 10.4 Å². The number of aromatic nitrogens is 1. The molecule has 1 N–H and O–H groups in total. The monoisotopic (exact) mass is 352 g/mol. The normalized spacial score (nSPS) is 14.1. The quantitative estimate of drug-likeness (QED) is 0.683. The van der Waals surface area contributed by atoms with Gasteiger partial charge in [-0.15, -0.1) is 0 Å². The topological polar surface area (TPSA) is 45.2 Å². The minimum absolute atomic E-state index is 0.145. The minimum atomic E-state index is 0.145. The average molecular weight is 352 g/mol. The van der Waals surface area contributed by atoms with Crippen LogP contribution in [0.5, 0.6) is 0 Å². The largest absolute Gasteiger partial charge is 0.354 e. The van der Waals surface area contributed by atoms with Crippen LogP contribution in [0.2, 0.25) is 0 Å². The average Bonchev–Trinajstić information content (AvgIpc) is 3.28. The van der Waals surface area contributed by atoms with Crippen molar-refractivity contribution in [3.05, 3.63) is 60.2 Å². The van der Waals surface area contributed by atoms with Gasteiger partial charge in [-0.3, -0.25) is 9.79 Å². The molecular weight excluding hydrogens is 336 g/mol. The number of hydrogen-bond donors (Lipinski definition) is 1. The van der Waals surface area contributed by atoms with Crippen LogP contribution in [0.15, 0.2) is 59.6 Å². The molecule has 2 aromatic carbocycles. The number of benzene rings is 2. The molecule has 0 spiro atoms. The lowest BCUT2D eigenvalue weighted by atomic mass is 10.0. The summed E-state index contributed by atoms with van der Waals surface area (Å²) in [6.07, 6.45) is 0. The van der Waals surface area contributed by atoms with Crippen LogP contribution in [0.4, 0.5) is 0 Å². The molecule has 120 valence electrons. The van der Waals surface area contributed by atoms with E-state index in [-0.39, 0.29) is 5.78 Å². The van der Waals surface area contributed by atoms with Crippen LogP contribution < -0.4 is 0 Å². The van der Waals surface area contributed by atoms with E-state index < -0.39 is 0 Å². The van der Waals surface area contributed by atoms with Crippen molar-refractivity contribution in [2.24, 2.45) is 4.99 Å². The maximum Gasteiger partial charge on any atom is 0.175 e. The molecule has 5 heteroatoms. The molecule has 1 aliphatic rings. The first-order valence-electron chi connectivity index (χ1n) is 7.82. The fourth-order valence-electron chi connectivity index (χ4n) is 2.86. The number of Topliss-reactive ketones (excluding diaryl/α,β-unsaturated/α-hetero) is 1. The highest BCUT2D eigenvalue weighted by molar-refractivity contribution is 8.39. The number of rotatable bonds is 4. The van der Waals surface area contributed by atoms with Gasteiger partial charge in [-0.25, -0.2) is 0 Å². The minimum Gasteiger partial charge on any atom is -0.354 e. The molecule has 3 nitrogen and oxygen atoms in total. The second-order valence-electron chi connectivity index (χ2n) is 5.49. The number of para-hydroxylation sites is 1. The van der Waals surface area contributed by atoms with E-state index >= 15 is 0 Å². The Bertz CT molecular complexity index is 916. The molecule has 0 amide bonds. The summed E-state index contributed by atoms with van der Waals surface area (Å²) in [6.45, 7) is 0.865. The van der Waals surface area contributed by atoms with Gasteiger partial charge in [-0.1, -0.05) is 72.1 Å². The highest BCUT2D eigenvalue weighted by Gasteiger charge is 2.20. The lowest BCUT2D eigenvalue weighted by molar-refractivity contribution is 0.102. The Hall–Kier alpha value is -1.98. The van der Waals surface area contributed by atoms with Crippen LogP contribution in [0.3, 0.4) is 0 Å². The van der Waals surface area contributed by atoms with Crippen LogP contribution in [-0.4, -0.2) is 33.2 Å². The molecule has 0 fully saturated rings. The van der Waals surface area contributed by atoms with Gasteiger partial charge in [0.05, 0.1) is 23.6 Å². The maximum absolute atomic E-state index is 13.0. The van der Waals surface area contributed by atoms with Gasteiger partial charge in [0.1, 0.15) is 4.38 Å². The van der Waals surface area contributed by atoms with E-state index in [4.69, 9.17) is 0 Å². The summed E-state index contributed by atoms with van der Waals surface area (Å²) < 4.78 is 1.03. The number of hydrogen-bond acceptors (Lipinski definition) is 4. The van der Waals surface area contributed by atoms with Gasteiger partial charge in [0.2, 0.25) is 0 Å². The molecule has 24 heavy (non-hydrogen) atoms. The molecule has 4 rings (SSSR count). The van der Waals surface area contributed by atoms with Gasteiger partial charge in [0.15, 0.2) is 5.78 Å². The summed E-state index contributed by atoms with van der Waals surface area (Å²) in [4.78, 5) is 20.8. The third-order valence-electron chi connectivity index (χ3n) is 3.93. The van der Waals surface area contributed by atoms with E-state index in [1.807, 2.05) is 54.6 Å². The Labute approximate surface area is 149 Å². The third kappa shape index (κ3) is 3.01. The van der Waals surface area contributed by atoms with Crippen molar-refractivity contribution in [2.75, 3.05) is 18.1 Å². The second-order valence-corrected chi connectivity index (χ2v) is 7.80. The Kier molecular flexibility index (Phi) is 4.45. The number of thioether (sulfide) groups is 2. The molecule has 1 aliphatic heterocycles. The first kappa shape index (κ1) is 15.5. The van der Waals surface area contributed by atoms with Gasteiger partial charge in [0, 0.05) is 16.7 Å². The van der Waals surface area contributed by atoms with Crippen LogP contribution in [0.25, 0.3) is 22.2 Å². The maximum atomic E-state index is 13.0. The van der Waals surface area contributed by atoms with Crippen molar-refractivity contribution in [3.8, 4) is 11.3 Å². The fourth-order valence-corrected chi connectivity index (χ4v) is 4.74. The summed E-state index contributed by atoms with van der Waals surface area (Å²) in [5.74, 6) is 1.60. The van der Waals surface area contributed by atoms with Crippen molar-refractivity contribution in [2.45, 2.75) is 0 Å². The van der Waals surface area contributed by atoms with Crippen LogP contribution in [-0.2, 0) is 0 Å². The lowest BCUT2D eigenvalue weighted by Crippen LogP contribution is -2.05. The smallest absolute Gasteiger partial charge is 0.175 e. The van der Waals surface area contributed by atoms with Crippen LogP contribution in [0, 0.1) is 0 Å². The summed E-state index contributed by atoms with van der Waals surface area (Å²) >= 11 is 3.29. The number of nitrogens with one attached hydrogen (secondary N) is 1. The molecule has 0 radical (unpaired) electrons. The number of H-pyrrole nitrogens is 1.